The van der Waals surface area contributed by atoms with E-state index in [0.717, 1.165) is 6.26 Å². The third-order valence-corrected chi connectivity index (χ3v) is 5.38. The van der Waals surface area contributed by atoms with Gasteiger partial charge in [0.15, 0.2) is 9.84 Å². The number of H-pyrrole nitrogens is 1. The van der Waals surface area contributed by atoms with Crippen molar-refractivity contribution < 1.29 is 13.2 Å². The zero-order valence-electron chi connectivity index (χ0n) is 10.2. The van der Waals surface area contributed by atoms with Crippen LogP contribution in [0.2, 0.25) is 0 Å². The number of rotatable bonds is 2. The van der Waals surface area contributed by atoms with Crippen molar-refractivity contribution in [2.75, 3.05) is 24.3 Å². The van der Waals surface area contributed by atoms with Crippen LogP contribution in [0.25, 0.3) is 0 Å². The van der Waals surface area contributed by atoms with Gasteiger partial charge in [-0.05, 0) is 6.07 Å². The number of nitrogens with zero attached hydrogens (tertiary/aromatic N) is 2. The first-order valence-corrected chi connectivity index (χ1v) is 8.64. The molecule has 1 aromatic rings. The Hall–Kier alpha value is -1.35. The molecule has 1 aromatic heterocycles. The third kappa shape index (κ3) is 3.16. The molecule has 1 aliphatic rings. The highest BCUT2D eigenvalue weighted by Gasteiger charge is 2.35. The van der Waals surface area contributed by atoms with Crippen molar-refractivity contribution in [3.05, 3.63) is 28.2 Å². The van der Waals surface area contributed by atoms with Gasteiger partial charge in [-0.2, -0.15) is 16.9 Å². The van der Waals surface area contributed by atoms with Gasteiger partial charge in [0, 0.05) is 30.4 Å². The molecule has 104 valence electrons. The van der Waals surface area contributed by atoms with Crippen molar-refractivity contribution in [2.24, 2.45) is 0 Å². The Morgan fingerprint density at radius 3 is 2.84 bits per heavy atom. The normalized spacial score (nSPS) is 20.3. The highest BCUT2D eigenvalue weighted by atomic mass is 32.2. The first-order chi connectivity index (χ1) is 8.89. The predicted molar refractivity (Wildman–Crippen MR) is 71.9 cm³/mol. The van der Waals surface area contributed by atoms with E-state index in [2.05, 4.69) is 10.2 Å². The monoisotopic (exact) mass is 303 g/mol. The molecule has 19 heavy (non-hydrogen) atoms. The van der Waals surface area contributed by atoms with Crippen LogP contribution in [0, 0.1) is 0 Å². The van der Waals surface area contributed by atoms with Crippen molar-refractivity contribution >= 4 is 27.5 Å². The smallest absolute Gasteiger partial charge is 0.275 e. The summed E-state index contributed by atoms with van der Waals surface area (Å²) in [6, 6.07) is 2.48. The van der Waals surface area contributed by atoms with Gasteiger partial charge in [-0.3, -0.25) is 9.59 Å². The summed E-state index contributed by atoms with van der Waals surface area (Å²) in [5.41, 5.74) is -0.370. The van der Waals surface area contributed by atoms with Gasteiger partial charge in [-0.25, -0.2) is 13.5 Å². The molecule has 2 rings (SSSR count). The third-order valence-electron chi connectivity index (χ3n) is 2.74. The summed E-state index contributed by atoms with van der Waals surface area (Å²) in [5, 5.41) is 4.96. The summed E-state index contributed by atoms with van der Waals surface area (Å²) in [5.74, 6) is 0.557. The first-order valence-electron chi connectivity index (χ1n) is 5.53. The van der Waals surface area contributed by atoms with Crippen LogP contribution < -0.4 is 5.56 Å². The van der Waals surface area contributed by atoms with Crippen LogP contribution in [-0.4, -0.2) is 59.1 Å². The fraction of sp³-hybridized carbons (Fsp3) is 0.500. The Morgan fingerprint density at radius 2 is 2.26 bits per heavy atom. The van der Waals surface area contributed by atoms with Crippen LogP contribution in [0.15, 0.2) is 16.9 Å². The number of hydrogen-bond donors (Lipinski definition) is 1. The van der Waals surface area contributed by atoms with Crippen LogP contribution in [0.1, 0.15) is 10.5 Å². The van der Waals surface area contributed by atoms with Crippen LogP contribution in [-0.2, 0) is 9.84 Å². The topological polar surface area (TPSA) is 100 Å². The number of sulfone groups is 1. The van der Waals surface area contributed by atoms with Crippen molar-refractivity contribution in [3.63, 3.8) is 0 Å². The van der Waals surface area contributed by atoms with Gasteiger partial charge in [0.1, 0.15) is 11.1 Å². The molecule has 1 N–H and O–H groups in total. The molecular weight excluding hydrogens is 290 g/mol. The minimum atomic E-state index is -3.35. The standard InChI is InChI=1S/C10H13N3O4S2/c1-19(16,17)9-6-18-5-4-13(9)10(15)7-2-3-8(14)12-11-7/h2-3,9H,4-6H2,1H3,(H,12,14). The minimum absolute atomic E-state index is 0.0418. The van der Waals surface area contributed by atoms with E-state index >= 15 is 0 Å². The number of nitrogens with one attached hydrogen (secondary N) is 1. The van der Waals surface area contributed by atoms with E-state index in [0.29, 0.717) is 18.1 Å². The van der Waals surface area contributed by atoms with E-state index in [4.69, 9.17) is 0 Å². The fourth-order valence-corrected chi connectivity index (χ4v) is 4.59. The molecule has 0 radical (unpaired) electrons. The Bertz CT molecular complexity index is 620. The molecule has 1 amide bonds. The Balaban J connectivity index is 2.30. The minimum Gasteiger partial charge on any atom is -0.319 e. The van der Waals surface area contributed by atoms with Crippen molar-refractivity contribution in [1.29, 1.82) is 0 Å². The number of carbonyl (C=O) groups is 1. The fourth-order valence-electron chi connectivity index (χ4n) is 1.78. The van der Waals surface area contributed by atoms with Gasteiger partial charge in [0.2, 0.25) is 0 Å². The number of hydrogen-bond acceptors (Lipinski definition) is 6. The van der Waals surface area contributed by atoms with Crippen LogP contribution in [0.5, 0.6) is 0 Å². The molecule has 1 saturated heterocycles. The molecule has 0 bridgehead atoms. The molecule has 0 saturated carbocycles. The molecule has 0 aromatic carbocycles. The highest BCUT2D eigenvalue weighted by Crippen LogP contribution is 2.21. The largest absolute Gasteiger partial charge is 0.319 e. The first kappa shape index (κ1) is 14.1. The zero-order chi connectivity index (χ0) is 14.0. The van der Waals surface area contributed by atoms with Crippen molar-refractivity contribution in [3.8, 4) is 0 Å². The molecule has 2 heterocycles. The lowest BCUT2D eigenvalue weighted by Crippen LogP contribution is -2.50. The van der Waals surface area contributed by atoms with Crippen molar-refractivity contribution in [1.82, 2.24) is 15.1 Å². The van der Waals surface area contributed by atoms with E-state index in [-0.39, 0.29) is 5.69 Å². The van der Waals surface area contributed by atoms with Gasteiger partial charge < -0.3 is 4.90 Å². The van der Waals surface area contributed by atoms with Crippen LogP contribution in [0.4, 0.5) is 0 Å². The lowest BCUT2D eigenvalue weighted by molar-refractivity contribution is 0.0742. The van der Waals surface area contributed by atoms with Crippen molar-refractivity contribution in [2.45, 2.75) is 5.37 Å². The molecular formula is C10H13N3O4S2. The van der Waals surface area contributed by atoms with E-state index in [9.17, 15) is 18.0 Å². The Morgan fingerprint density at radius 1 is 1.53 bits per heavy atom. The number of aromatic nitrogens is 2. The van der Waals surface area contributed by atoms with E-state index < -0.39 is 26.7 Å². The summed E-state index contributed by atoms with van der Waals surface area (Å²) >= 11 is 1.50. The van der Waals surface area contributed by atoms with E-state index in [1.54, 1.807) is 0 Å². The molecule has 1 atom stereocenters. The summed E-state index contributed by atoms with van der Waals surface area (Å²) < 4.78 is 23.4. The van der Waals surface area contributed by atoms with Gasteiger partial charge in [-0.1, -0.05) is 0 Å². The Kier molecular flexibility index (Phi) is 3.95. The van der Waals surface area contributed by atoms with Gasteiger partial charge in [0.25, 0.3) is 11.5 Å². The highest BCUT2D eigenvalue weighted by molar-refractivity contribution is 8.00. The molecule has 0 aliphatic carbocycles. The van der Waals surface area contributed by atoms with Gasteiger partial charge in [-0.15, -0.1) is 0 Å². The number of carbonyl (C=O) groups excluding carboxylic acids is 1. The summed E-state index contributed by atoms with van der Waals surface area (Å²) in [4.78, 5) is 24.4. The lowest BCUT2D eigenvalue weighted by atomic mass is 10.3. The average molecular weight is 303 g/mol. The molecule has 7 nitrogen and oxygen atoms in total. The second-order valence-electron chi connectivity index (χ2n) is 4.16. The maximum absolute atomic E-state index is 12.2. The maximum atomic E-state index is 12.2. The van der Waals surface area contributed by atoms with Gasteiger partial charge >= 0.3 is 0 Å². The van der Waals surface area contributed by atoms with E-state index in [1.807, 2.05) is 0 Å². The van der Waals surface area contributed by atoms with Crippen LogP contribution >= 0.6 is 11.8 Å². The molecule has 0 spiro atoms. The number of thioether (sulfide) groups is 1. The zero-order valence-corrected chi connectivity index (χ0v) is 11.8. The lowest BCUT2D eigenvalue weighted by Gasteiger charge is -2.33. The second-order valence-corrected chi connectivity index (χ2v) is 7.52. The number of amides is 1. The van der Waals surface area contributed by atoms with Crippen LogP contribution in [0.3, 0.4) is 0 Å². The molecule has 1 unspecified atom stereocenters. The molecule has 1 fully saturated rings. The van der Waals surface area contributed by atoms with Gasteiger partial charge in [0.05, 0.1) is 0 Å². The summed E-state index contributed by atoms with van der Waals surface area (Å²) in [6.45, 7) is 0.349. The van der Waals surface area contributed by atoms with E-state index in [1.165, 1.54) is 28.8 Å². The maximum Gasteiger partial charge on any atom is 0.275 e. The summed E-state index contributed by atoms with van der Waals surface area (Å²) in [6.07, 6.45) is 1.12. The SMILES string of the molecule is CS(=O)(=O)C1CSCCN1C(=O)c1ccc(=O)[nH]n1. The summed E-state index contributed by atoms with van der Waals surface area (Å²) in [7, 11) is -3.35. The average Bonchev–Trinajstić information content (AvgIpc) is 2.38. The Labute approximate surface area is 114 Å². The predicted octanol–water partition coefficient (Wildman–Crippen LogP) is -0.670. The second kappa shape index (κ2) is 5.33. The molecule has 9 heteroatoms. The number of aromatic amines is 1. The molecule has 1 aliphatic heterocycles. The quantitative estimate of drug-likeness (QED) is 0.777.